The van der Waals surface area contributed by atoms with Crippen LogP contribution in [0.1, 0.15) is 19.8 Å². The third-order valence-electron chi connectivity index (χ3n) is 3.25. The van der Waals surface area contributed by atoms with Gasteiger partial charge < -0.3 is 15.8 Å². The molecule has 1 saturated heterocycles. The van der Waals surface area contributed by atoms with Crippen LogP contribution in [-0.2, 0) is 24.2 Å². The zero-order valence-electron chi connectivity index (χ0n) is 12.3. The van der Waals surface area contributed by atoms with Gasteiger partial charge in [-0.25, -0.2) is 8.42 Å². The Morgan fingerprint density at radius 1 is 1.48 bits per heavy atom. The minimum Gasteiger partial charge on any atom is -0.468 e. The standard InChI is InChI=1S/C12H22N2O5S2/c1-12(4-6-21(17,18)8-12)14-10(15)7-20-5-3-9(13)11(16)19-2/h9H,3-8,13H2,1-2H3,(H,14,15). The number of amides is 1. The molecule has 1 heterocycles. The molecule has 9 heteroatoms. The molecule has 1 aliphatic rings. The molecule has 0 aromatic heterocycles. The fraction of sp³-hybridized carbons (Fsp3) is 0.833. The molecular formula is C12H22N2O5S2. The molecule has 1 rings (SSSR count). The minimum absolute atomic E-state index is 0.0103. The highest BCUT2D eigenvalue weighted by Crippen LogP contribution is 2.22. The van der Waals surface area contributed by atoms with E-state index in [2.05, 4.69) is 10.1 Å². The third kappa shape index (κ3) is 6.23. The summed E-state index contributed by atoms with van der Waals surface area (Å²) in [5.41, 5.74) is 4.90. The molecule has 1 fully saturated rings. The number of ether oxygens (including phenoxy) is 1. The van der Waals surface area contributed by atoms with E-state index in [1.54, 1.807) is 6.92 Å². The molecule has 0 aliphatic carbocycles. The van der Waals surface area contributed by atoms with Gasteiger partial charge in [0.05, 0.1) is 29.9 Å². The summed E-state index contributed by atoms with van der Waals surface area (Å²) in [4.78, 5) is 22.9. The van der Waals surface area contributed by atoms with E-state index in [0.717, 1.165) is 0 Å². The normalized spacial score (nSPS) is 25.3. The van der Waals surface area contributed by atoms with Crippen molar-refractivity contribution in [2.75, 3.05) is 30.1 Å². The zero-order chi connectivity index (χ0) is 16.1. The summed E-state index contributed by atoms with van der Waals surface area (Å²) in [5.74, 6) is 0.200. The van der Waals surface area contributed by atoms with E-state index >= 15 is 0 Å². The van der Waals surface area contributed by atoms with Gasteiger partial charge in [-0.15, -0.1) is 0 Å². The molecule has 1 amide bonds. The molecular weight excluding hydrogens is 316 g/mol. The van der Waals surface area contributed by atoms with E-state index in [1.807, 2.05) is 0 Å². The second kappa shape index (κ2) is 7.46. The number of nitrogens with one attached hydrogen (secondary N) is 1. The first-order valence-corrected chi connectivity index (χ1v) is 9.58. The highest BCUT2D eigenvalue weighted by atomic mass is 32.2. The van der Waals surface area contributed by atoms with E-state index in [1.165, 1.54) is 18.9 Å². The van der Waals surface area contributed by atoms with Crippen molar-refractivity contribution < 1.29 is 22.7 Å². The molecule has 0 saturated carbocycles. The summed E-state index contributed by atoms with van der Waals surface area (Å²) in [6, 6.07) is -0.678. The number of carbonyl (C=O) groups excluding carboxylic acids is 2. The molecule has 1 aliphatic heterocycles. The van der Waals surface area contributed by atoms with Crippen LogP contribution in [0, 0.1) is 0 Å². The Morgan fingerprint density at radius 2 is 2.14 bits per heavy atom. The SMILES string of the molecule is COC(=O)C(N)CCSCC(=O)NC1(C)CCS(=O)(=O)C1. The van der Waals surface area contributed by atoms with Crippen LogP contribution >= 0.6 is 11.8 Å². The van der Waals surface area contributed by atoms with Crippen molar-refractivity contribution in [1.29, 1.82) is 0 Å². The third-order valence-corrected chi connectivity index (χ3v) is 6.15. The van der Waals surface area contributed by atoms with Gasteiger partial charge in [0.2, 0.25) is 5.91 Å². The van der Waals surface area contributed by atoms with Gasteiger partial charge in [0.1, 0.15) is 6.04 Å². The Balaban J connectivity index is 2.25. The number of sulfone groups is 1. The summed E-state index contributed by atoms with van der Waals surface area (Å²) in [5, 5.41) is 2.77. The molecule has 0 aromatic rings. The van der Waals surface area contributed by atoms with Crippen LogP contribution in [0.4, 0.5) is 0 Å². The number of carbonyl (C=O) groups is 2. The Bertz CT molecular complexity index is 494. The van der Waals surface area contributed by atoms with Gasteiger partial charge in [-0.05, 0) is 25.5 Å². The lowest BCUT2D eigenvalue weighted by molar-refractivity contribution is -0.142. The maximum atomic E-state index is 11.8. The number of rotatable bonds is 7. The second-order valence-corrected chi connectivity index (χ2v) is 8.71. The maximum Gasteiger partial charge on any atom is 0.322 e. The Morgan fingerprint density at radius 3 is 2.67 bits per heavy atom. The average molecular weight is 338 g/mol. The molecule has 7 nitrogen and oxygen atoms in total. The molecule has 0 radical (unpaired) electrons. The zero-order valence-corrected chi connectivity index (χ0v) is 13.9. The quantitative estimate of drug-likeness (QED) is 0.466. The highest BCUT2D eigenvalue weighted by Gasteiger charge is 2.39. The first-order valence-electron chi connectivity index (χ1n) is 6.60. The predicted octanol–water partition coefficient (Wildman–Crippen LogP) is -0.697. The van der Waals surface area contributed by atoms with Gasteiger partial charge in [-0.1, -0.05) is 0 Å². The van der Waals surface area contributed by atoms with Crippen LogP contribution < -0.4 is 11.1 Å². The summed E-state index contributed by atoms with van der Waals surface area (Å²) in [6.45, 7) is 1.74. The monoisotopic (exact) mass is 338 g/mol. The van der Waals surface area contributed by atoms with Crippen molar-refractivity contribution in [2.45, 2.75) is 31.3 Å². The lowest BCUT2D eigenvalue weighted by Crippen LogP contribution is -2.47. The van der Waals surface area contributed by atoms with Gasteiger partial charge in [0.15, 0.2) is 9.84 Å². The van der Waals surface area contributed by atoms with E-state index < -0.39 is 27.4 Å². The maximum absolute atomic E-state index is 11.8. The van der Waals surface area contributed by atoms with Gasteiger partial charge in [-0.3, -0.25) is 9.59 Å². The van der Waals surface area contributed by atoms with Crippen molar-refractivity contribution in [2.24, 2.45) is 5.73 Å². The number of hydrogen-bond acceptors (Lipinski definition) is 7. The van der Waals surface area contributed by atoms with Crippen LogP contribution in [0.25, 0.3) is 0 Å². The molecule has 2 unspecified atom stereocenters. The lowest BCUT2D eigenvalue weighted by atomic mass is 10.0. The van der Waals surface area contributed by atoms with Crippen LogP contribution in [0.3, 0.4) is 0 Å². The van der Waals surface area contributed by atoms with E-state index in [0.29, 0.717) is 18.6 Å². The molecule has 0 bridgehead atoms. The Hall–Kier alpha value is -0.800. The summed E-state index contributed by atoms with van der Waals surface area (Å²) in [6.07, 6.45) is 0.870. The van der Waals surface area contributed by atoms with E-state index in [9.17, 15) is 18.0 Å². The Labute approximate surface area is 129 Å². The highest BCUT2D eigenvalue weighted by molar-refractivity contribution is 7.99. The van der Waals surface area contributed by atoms with Crippen LogP contribution in [0.2, 0.25) is 0 Å². The molecule has 21 heavy (non-hydrogen) atoms. The van der Waals surface area contributed by atoms with Crippen LogP contribution in [0.15, 0.2) is 0 Å². The number of esters is 1. The Kier molecular flexibility index (Phi) is 6.48. The fourth-order valence-corrected chi connectivity index (χ4v) is 5.04. The first-order chi connectivity index (χ1) is 9.67. The largest absolute Gasteiger partial charge is 0.468 e. The molecule has 2 atom stereocenters. The minimum atomic E-state index is -3.04. The van der Waals surface area contributed by atoms with Gasteiger partial charge in [-0.2, -0.15) is 11.8 Å². The number of thioether (sulfide) groups is 1. The summed E-state index contributed by atoms with van der Waals surface area (Å²) >= 11 is 1.35. The molecule has 122 valence electrons. The van der Waals surface area contributed by atoms with Crippen molar-refractivity contribution in [3.8, 4) is 0 Å². The summed E-state index contributed by atoms with van der Waals surface area (Å²) in [7, 11) is -1.76. The molecule has 3 N–H and O–H groups in total. The van der Waals surface area contributed by atoms with E-state index in [-0.39, 0.29) is 23.2 Å². The van der Waals surface area contributed by atoms with Gasteiger partial charge in [0.25, 0.3) is 0 Å². The fourth-order valence-electron chi connectivity index (χ4n) is 2.13. The van der Waals surface area contributed by atoms with Crippen molar-refractivity contribution in [1.82, 2.24) is 5.32 Å². The number of nitrogens with two attached hydrogens (primary N) is 1. The average Bonchev–Trinajstić information content (AvgIpc) is 2.67. The van der Waals surface area contributed by atoms with Crippen LogP contribution in [-0.4, -0.2) is 62.0 Å². The number of hydrogen-bond donors (Lipinski definition) is 2. The summed E-state index contributed by atoms with van der Waals surface area (Å²) < 4.78 is 27.4. The van der Waals surface area contributed by atoms with Crippen molar-refractivity contribution >= 4 is 33.5 Å². The predicted molar refractivity (Wildman–Crippen MR) is 81.8 cm³/mol. The first kappa shape index (κ1) is 18.2. The number of methoxy groups -OCH3 is 1. The van der Waals surface area contributed by atoms with Crippen LogP contribution in [0.5, 0.6) is 0 Å². The smallest absolute Gasteiger partial charge is 0.322 e. The van der Waals surface area contributed by atoms with Crippen molar-refractivity contribution in [3.63, 3.8) is 0 Å². The lowest BCUT2D eigenvalue weighted by Gasteiger charge is -2.23. The van der Waals surface area contributed by atoms with Gasteiger partial charge >= 0.3 is 5.97 Å². The topological polar surface area (TPSA) is 116 Å². The van der Waals surface area contributed by atoms with E-state index in [4.69, 9.17) is 5.73 Å². The molecule has 0 spiro atoms. The second-order valence-electron chi connectivity index (χ2n) is 5.42. The van der Waals surface area contributed by atoms with Crippen molar-refractivity contribution in [3.05, 3.63) is 0 Å². The molecule has 0 aromatic carbocycles. The van der Waals surface area contributed by atoms with Gasteiger partial charge in [0, 0.05) is 0 Å².